The Morgan fingerprint density at radius 3 is 3.04 bits per heavy atom. The van der Waals surface area contributed by atoms with Gasteiger partial charge >= 0.3 is 0 Å². The number of likely N-dealkylation sites (tertiary alicyclic amines) is 1. The maximum absolute atomic E-state index is 11.2. The summed E-state index contributed by atoms with van der Waals surface area (Å²) in [6.45, 7) is 5.25. The first kappa shape index (κ1) is 18.1. The fourth-order valence-corrected chi connectivity index (χ4v) is 3.07. The Morgan fingerprint density at radius 2 is 2.33 bits per heavy atom. The van der Waals surface area contributed by atoms with Crippen LogP contribution in [0.5, 0.6) is 5.75 Å². The van der Waals surface area contributed by atoms with Crippen LogP contribution in [0.25, 0.3) is 0 Å². The lowest BCUT2D eigenvalue weighted by molar-refractivity contribution is -0.119. The minimum absolute atomic E-state index is 0.222. The molecule has 0 aromatic heterocycles. The maximum Gasteiger partial charge on any atom is 0.217 e. The number of ether oxygens (including phenoxy) is 1. The lowest BCUT2D eigenvalue weighted by Crippen LogP contribution is -2.47. The molecule has 1 aliphatic rings. The topological polar surface area (TPSA) is 80.0 Å². The number of amides is 1. The molecule has 0 aliphatic carbocycles. The zero-order valence-electron chi connectivity index (χ0n) is 14.6. The van der Waals surface area contributed by atoms with Crippen LogP contribution < -0.4 is 15.8 Å². The summed E-state index contributed by atoms with van der Waals surface area (Å²) in [6, 6.07) is 7.94. The number of hydrogen-bond acceptors (Lipinski definition) is 3. The third kappa shape index (κ3) is 5.44. The van der Waals surface area contributed by atoms with E-state index < -0.39 is 0 Å². The highest BCUT2D eigenvalue weighted by atomic mass is 16.5. The molecule has 1 aliphatic heterocycles. The molecule has 6 heteroatoms. The third-order valence-corrected chi connectivity index (χ3v) is 4.19. The van der Waals surface area contributed by atoms with Crippen LogP contribution in [0.15, 0.2) is 29.3 Å². The molecule has 6 nitrogen and oxygen atoms in total. The van der Waals surface area contributed by atoms with Crippen molar-refractivity contribution in [3.63, 3.8) is 0 Å². The van der Waals surface area contributed by atoms with Crippen LogP contribution in [-0.2, 0) is 11.3 Å². The molecule has 0 saturated carbocycles. The van der Waals surface area contributed by atoms with Gasteiger partial charge < -0.3 is 20.7 Å². The summed E-state index contributed by atoms with van der Waals surface area (Å²) in [5.74, 6) is 1.83. The van der Waals surface area contributed by atoms with Crippen LogP contribution in [0.2, 0.25) is 0 Å². The molecule has 1 unspecified atom stereocenters. The molecule has 1 amide bonds. The number of aliphatic imine (C=N–C) groups is 1. The molecule has 0 spiro atoms. The summed E-state index contributed by atoms with van der Waals surface area (Å²) in [6.07, 6.45) is 2.56. The first-order valence-electron chi connectivity index (χ1n) is 8.56. The molecule has 1 atom stereocenters. The van der Waals surface area contributed by atoms with Gasteiger partial charge in [-0.1, -0.05) is 12.1 Å². The van der Waals surface area contributed by atoms with Gasteiger partial charge in [0.2, 0.25) is 5.91 Å². The predicted molar refractivity (Wildman–Crippen MR) is 95.9 cm³/mol. The molecule has 24 heavy (non-hydrogen) atoms. The van der Waals surface area contributed by atoms with Crippen LogP contribution in [0.4, 0.5) is 0 Å². The highest BCUT2D eigenvalue weighted by molar-refractivity contribution is 5.80. The highest BCUT2D eigenvalue weighted by Gasteiger charge is 2.23. The van der Waals surface area contributed by atoms with E-state index in [1.807, 2.05) is 24.3 Å². The quantitative estimate of drug-likeness (QED) is 0.614. The second kappa shape index (κ2) is 9.15. The Bertz CT molecular complexity index is 574. The van der Waals surface area contributed by atoms with Gasteiger partial charge in [0, 0.05) is 26.1 Å². The smallest absolute Gasteiger partial charge is 0.217 e. The highest BCUT2D eigenvalue weighted by Crippen LogP contribution is 2.20. The van der Waals surface area contributed by atoms with Crippen molar-refractivity contribution < 1.29 is 9.53 Å². The number of benzene rings is 1. The van der Waals surface area contributed by atoms with Gasteiger partial charge in [0.25, 0.3) is 0 Å². The van der Waals surface area contributed by atoms with E-state index in [1.54, 1.807) is 7.11 Å². The summed E-state index contributed by atoms with van der Waals surface area (Å²) < 4.78 is 5.26. The van der Waals surface area contributed by atoms with Crippen molar-refractivity contribution in [2.75, 3.05) is 26.7 Å². The number of hydrogen-bond donors (Lipinski definition) is 2. The number of methoxy groups -OCH3 is 1. The number of rotatable bonds is 6. The van der Waals surface area contributed by atoms with Gasteiger partial charge in [0.15, 0.2) is 5.96 Å². The average Bonchev–Trinajstić information content (AvgIpc) is 2.58. The molecule has 132 valence electrons. The van der Waals surface area contributed by atoms with E-state index in [-0.39, 0.29) is 5.91 Å². The largest absolute Gasteiger partial charge is 0.497 e. The summed E-state index contributed by atoms with van der Waals surface area (Å²) in [7, 11) is 1.67. The van der Waals surface area contributed by atoms with E-state index in [0.29, 0.717) is 18.9 Å². The van der Waals surface area contributed by atoms with Crippen molar-refractivity contribution in [2.24, 2.45) is 16.6 Å². The maximum atomic E-state index is 11.2. The number of carbonyl (C=O) groups is 1. The summed E-state index contributed by atoms with van der Waals surface area (Å²) in [4.78, 5) is 18.2. The fraction of sp³-hybridized carbons (Fsp3) is 0.556. The van der Waals surface area contributed by atoms with Crippen molar-refractivity contribution in [1.29, 1.82) is 0 Å². The average molecular weight is 332 g/mol. The summed E-state index contributed by atoms with van der Waals surface area (Å²) >= 11 is 0. The van der Waals surface area contributed by atoms with Gasteiger partial charge in [-0.2, -0.15) is 0 Å². The molecule has 1 saturated heterocycles. The molecule has 2 rings (SSSR count). The normalized spacial score (nSPS) is 18.3. The fourth-order valence-electron chi connectivity index (χ4n) is 3.07. The van der Waals surface area contributed by atoms with E-state index in [1.165, 1.54) is 0 Å². The number of piperidine rings is 1. The van der Waals surface area contributed by atoms with E-state index in [0.717, 1.165) is 49.7 Å². The van der Waals surface area contributed by atoms with Crippen molar-refractivity contribution >= 4 is 11.9 Å². The molecule has 0 bridgehead atoms. The molecule has 1 fully saturated rings. The van der Waals surface area contributed by atoms with Crippen LogP contribution >= 0.6 is 0 Å². The zero-order valence-corrected chi connectivity index (χ0v) is 14.6. The molecule has 1 heterocycles. The first-order valence-corrected chi connectivity index (χ1v) is 8.56. The lowest BCUT2D eigenvalue weighted by atomic mass is 9.95. The van der Waals surface area contributed by atoms with Crippen LogP contribution in [0, 0.1) is 5.92 Å². The third-order valence-electron chi connectivity index (χ3n) is 4.19. The monoisotopic (exact) mass is 332 g/mol. The van der Waals surface area contributed by atoms with Gasteiger partial charge in [-0.05, 0) is 43.4 Å². The zero-order chi connectivity index (χ0) is 17.4. The number of nitrogens with zero attached hydrogens (tertiary/aromatic N) is 2. The minimum atomic E-state index is -0.222. The molecule has 3 N–H and O–H groups in total. The van der Waals surface area contributed by atoms with Gasteiger partial charge in [-0.3, -0.25) is 4.79 Å². The molecule has 0 radical (unpaired) electrons. The van der Waals surface area contributed by atoms with E-state index >= 15 is 0 Å². The number of primary amides is 1. The van der Waals surface area contributed by atoms with Crippen LogP contribution in [0.3, 0.4) is 0 Å². The Balaban J connectivity index is 2.05. The summed E-state index contributed by atoms with van der Waals surface area (Å²) in [5.41, 5.74) is 6.46. The first-order chi connectivity index (χ1) is 11.6. The van der Waals surface area contributed by atoms with Gasteiger partial charge in [-0.25, -0.2) is 4.99 Å². The molecule has 1 aromatic rings. The molecule has 1 aromatic carbocycles. The second-order valence-electron chi connectivity index (χ2n) is 6.15. The van der Waals surface area contributed by atoms with E-state index in [4.69, 9.17) is 15.5 Å². The number of guanidine groups is 1. The van der Waals surface area contributed by atoms with Crippen molar-refractivity contribution in [3.05, 3.63) is 29.8 Å². The molecular weight excluding hydrogens is 304 g/mol. The Labute approximate surface area is 144 Å². The Hall–Kier alpha value is -2.24. The van der Waals surface area contributed by atoms with Crippen molar-refractivity contribution in [1.82, 2.24) is 10.2 Å². The number of nitrogens with two attached hydrogens (primary N) is 1. The minimum Gasteiger partial charge on any atom is -0.497 e. The van der Waals surface area contributed by atoms with Gasteiger partial charge in [0.1, 0.15) is 5.75 Å². The van der Waals surface area contributed by atoms with E-state index in [2.05, 4.69) is 17.1 Å². The van der Waals surface area contributed by atoms with Crippen LogP contribution in [0.1, 0.15) is 31.7 Å². The second-order valence-corrected chi connectivity index (χ2v) is 6.15. The van der Waals surface area contributed by atoms with Crippen molar-refractivity contribution in [2.45, 2.75) is 32.7 Å². The standard InChI is InChI=1S/C18H28N4O2/c1-3-20-18(21-12-14-6-4-8-16(10-14)24-2)22-9-5-7-15(13-22)11-17(19)23/h4,6,8,10,15H,3,5,7,9,11-13H2,1-2H3,(H2,19,23)(H,20,21). The Morgan fingerprint density at radius 1 is 1.50 bits per heavy atom. The summed E-state index contributed by atoms with van der Waals surface area (Å²) in [5, 5.41) is 3.35. The van der Waals surface area contributed by atoms with Gasteiger partial charge in [-0.15, -0.1) is 0 Å². The number of carbonyl (C=O) groups excluding carboxylic acids is 1. The van der Waals surface area contributed by atoms with E-state index in [9.17, 15) is 4.79 Å². The Kier molecular flexibility index (Phi) is 6.90. The number of nitrogens with one attached hydrogen (secondary N) is 1. The molecular formula is C18H28N4O2. The van der Waals surface area contributed by atoms with Crippen LogP contribution in [-0.4, -0.2) is 43.5 Å². The SMILES string of the molecule is CCNC(=NCc1cccc(OC)c1)N1CCCC(CC(N)=O)C1. The van der Waals surface area contributed by atoms with Crippen molar-refractivity contribution in [3.8, 4) is 5.75 Å². The van der Waals surface area contributed by atoms with Gasteiger partial charge in [0.05, 0.1) is 13.7 Å². The lowest BCUT2D eigenvalue weighted by Gasteiger charge is -2.34. The predicted octanol–water partition coefficient (Wildman–Crippen LogP) is 1.75.